The molecule has 3 aromatic rings. The molecule has 0 radical (unpaired) electrons. The highest BCUT2D eigenvalue weighted by Gasteiger charge is 2.70. The molecule has 0 aliphatic carbocycles. The van der Waals surface area contributed by atoms with Gasteiger partial charge in [-0.1, -0.05) is 51.1 Å². The van der Waals surface area contributed by atoms with Crippen molar-refractivity contribution in [3.05, 3.63) is 89.5 Å². The van der Waals surface area contributed by atoms with Crippen molar-refractivity contribution in [2.75, 3.05) is 24.4 Å². The standard InChI is InChI=1S/C33H32N2O5/c1-32(2,3)30(37)28-27(29(36)19-10-13-21(39-4)14-11-19)33(23-8-6-7-9-24(23)34-31(33)38)26-17-12-20-18-22(40-5)15-16-25(20)35(26)28/h6-18,26-28H,1-5H3,(H,34,38). The van der Waals surface area contributed by atoms with Crippen LogP contribution in [0.1, 0.15) is 42.3 Å². The molecular formula is C33H32N2O5. The quantitative estimate of drug-likeness (QED) is 0.446. The van der Waals surface area contributed by atoms with Crippen molar-refractivity contribution < 1.29 is 23.9 Å². The zero-order chi connectivity index (χ0) is 28.4. The second kappa shape index (κ2) is 9.08. The van der Waals surface area contributed by atoms with Crippen LogP contribution in [-0.2, 0) is 15.0 Å². The number of rotatable bonds is 5. The maximum atomic E-state index is 14.7. The topological polar surface area (TPSA) is 84.9 Å². The first-order valence-corrected chi connectivity index (χ1v) is 13.4. The molecule has 3 aromatic carbocycles. The summed E-state index contributed by atoms with van der Waals surface area (Å²) in [6, 6.07) is 18.6. The normalized spacial score (nSPS) is 24.3. The number of benzene rings is 3. The smallest absolute Gasteiger partial charge is 0.238 e. The van der Waals surface area contributed by atoms with Gasteiger partial charge in [-0.3, -0.25) is 14.4 Å². The maximum Gasteiger partial charge on any atom is 0.238 e. The average molecular weight is 537 g/mol. The van der Waals surface area contributed by atoms with Gasteiger partial charge < -0.3 is 19.7 Å². The van der Waals surface area contributed by atoms with Crippen molar-refractivity contribution in [2.45, 2.75) is 38.3 Å². The minimum Gasteiger partial charge on any atom is -0.497 e. The van der Waals surface area contributed by atoms with Crippen LogP contribution in [0.5, 0.6) is 11.5 Å². The van der Waals surface area contributed by atoms with E-state index in [9.17, 15) is 14.4 Å². The first-order chi connectivity index (χ1) is 19.1. The summed E-state index contributed by atoms with van der Waals surface area (Å²) in [4.78, 5) is 45.5. The minimum absolute atomic E-state index is 0.101. The fourth-order valence-corrected chi connectivity index (χ4v) is 6.66. The number of fused-ring (bicyclic) bond motifs is 6. The number of methoxy groups -OCH3 is 2. The van der Waals surface area contributed by atoms with Gasteiger partial charge in [0.1, 0.15) is 23.0 Å². The highest BCUT2D eigenvalue weighted by molar-refractivity contribution is 6.17. The SMILES string of the molecule is COc1ccc(C(=O)C2C(C(=O)C(C)(C)C)N3c4ccc(OC)cc4C=CC3C23C(=O)Nc2ccccc23)cc1. The van der Waals surface area contributed by atoms with Gasteiger partial charge in [0, 0.05) is 27.9 Å². The summed E-state index contributed by atoms with van der Waals surface area (Å²) in [6.07, 6.45) is 3.93. The molecule has 1 amide bonds. The number of carbonyl (C=O) groups is 3. The second-order valence-electron chi connectivity index (χ2n) is 11.6. The van der Waals surface area contributed by atoms with Crippen molar-refractivity contribution in [1.82, 2.24) is 0 Å². The van der Waals surface area contributed by atoms with E-state index in [0.717, 1.165) is 16.8 Å². The monoisotopic (exact) mass is 536 g/mol. The van der Waals surface area contributed by atoms with E-state index in [4.69, 9.17) is 9.47 Å². The van der Waals surface area contributed by atoms with Crippen LogP contribution in [0, 0.1) is 11.3 Å². The van der Waals surface area contributed by atoms with E-state index in [0.29, 0.717) is 22.7 Å². The van der Waals surface area contributed by atoms with Gasteiger partial charge in [0.05, 0.1) is 26.2 Å². The van der Waals surface area contributed by atoms with E-state index in [1.807, 2.05) is 80.3 Å². The fourth-order valence-electron chi connectivity index (χ4n) is 6.66. The predicted molar refractivity (Wildman–Crippen MR) is 154 cm³/mol. The Morgan fingerprint density at radius 1 is 0.925 bits per heavy atom. The number of carbonyl (C=O) groups excluding carboxylic acids is 3. The molecule has 1 saturated heterocycles. The van der Waals surface area contributed by atoms with Gasteiger partial charge in [0.25, 0.3) is 0 Å². The van der Waals surface area contributed by atoms with E-state index >= 15 is 0 Å². The van der Waals surface area contributed by atoms with E-state index in [2.05, 4.69) is 5.32 Å². The summed E-state index contributed by atoms with van der Waals surface area (Å²) in [6.45, 7) is 5.59. The summed E-state index contributed by atoms with van der Waals surface area (Å²) >= 11 is 0. The number of hydrogen-bond donors (Lipinski definition) is 1. The maximum absolute atomic E-state index is 14.7. The summed E-state index contributed by atoms with van der Waals surface area (Å²) < 4.78 is 10.8. The van der Waals surface area contributed by atoms with Crippen LogP contribution in [0.15, 0.2) is 72.8 Å². The van der Waals surface area contributed by atoms with Crippen LogP contribution in [0.25, 0.3) is 6.08 Å². The molecule has 1 N–H and O–H groups in total. The number of amides is 1. The van der Waals surface area contributed by atoms with Crippen molar-refractivity contribution in [3.8, 4) is 11.5 Å². The Kier molecular flexibility index (Phi) is 5.87. The Morgan fingerprint density at radius 3 is 2.27 bits per heavy atom. The van der Waals surface area contributed by atoms with E-state index in [1.165, 1.54) is 0 Å². The van der Waals surface area contributed by atoms with Crippen LogP contribution in [0.3, 0.4) is 0 Å². The van der Waals surface area contributed by atoms with Gasteiger partial charge in [-0.25, -0.2) is 0 Å². The molecule has 0 bridgehead atoms. The zero-order valence-electron chi connectivity index (χ0n) is 23.2. The molecule has 3 aliphatic heterocycles. The lowest BCUT2D eigenvalue weighted by atomic mass is 9.63. The molecule has 1 fully saturated rings. The highest BCUT2D eigenvalue weighted by atomic mass is 16.5. The van der Waals surface area contributed by atoms with Crippen molar-refractivity contribution in [1.29, 1.82) is 0 Å². The molecular weight excluding hydrogens is 504 g/mol. The van der Waals surface area contributed by atoms with Crippen molar-refractivity contribution >= 4 is 34.9 Å². The van der Waals surface area contributed by atoms with Crippen molar-refractivity contribution in [3.63, 3.8) is 0 Å². The van der Waals surface area contributed by atoms with Gasteiger partial charge in [-0.2, -0.15) is 0 Å². The molecule has 204 valence electrons. The molecule has 7 heteroatoms. The number of hydrogen-bond acceptors (Lipinski definition) is 6. The van der Waals surface area contributed by atoms with Crippen LogP contribution in [-0.4, -0.2) is 43.8 Å². The summed E-state index contributed by atoms with van der Waals surface area (Å²) in [5.41, 5.74) is 1.37. The molecule has 3 aliphatic rings. The van der Waals surface area contributed by atoms with Crippen molar-refractivity contribution in [2.24, 2.45) is 11.3 Å². The fraction of sp³-hybridized carbons (Fsp3) is 0.303. The molecule has 4 atom stereocenters. The second-order valence-corrected chi connectivity index (χ2v) is 11.6. The number of para-hydroxylation sites is 1. The Morgan fingerprint density at radius 2 is 1.60 bits per heavy atom. The lowest BCUT2D eigenvalue weighted by Gasteiger charge is -2.38. The number of ketones is 2. The van der Waals surface area contributed by atoms with E-state index in [-0.39, 0.29) is 17.5 Å². The van der Waals surface area contributed by atoms with E-state index in [1.54, 1.807) is 38.5 Å². The number of anilines is 2. The third kappa shape index (κ3) is 3.53. The molecule has 40 heavy (non-hydrogen) atoms. The highest BCUT2D eigenvalue weighted by Crippen LogP contribution is 2.58. The number of nitrogens with zero attached hydrogens (tertiary/aromatic N) is 1. The molecule has 0 aromatic heterocycles. The Labute approximate surface area is 233 Å². The third-order valence-electron chi connectivity index (χ3n) is 8.50. The first-order valence-electron chi connectivity index (χ1n) is 13.4. The lowest BCUT2D eigenvalue weighted by molar-refractivity contribution is -0.128. The lowest BCUT2D eigenvalue weighted by Crippen LogP contribution is -2.51. The molecule has 1 spiro atoms. The number of ether oxygens (including phenoxy) is 2. The Bertz CT molecular complexity index is 1570. The predicted octanol–water partition coefficient (Wildman–Crippen LogP) is 5.29. The Balaban J connectivity index is 1.65. The molecule has 3 heterocycles. The van der Waals surface area contributed by atoms with Gasteiger partial charge in [0.2, 0.25) is 5.91 Å². The average Bonchev–Trinajstić information content (AvgIpc) is 3.43. The first kappa shape index (κ1) is 25.9. The van der Waals surface area contributed by atoms with E-state index < -0.39 is 28.8 Å². The summed E-state index contributed by atoms with van der Waals surface area (Å²) in [7, 11) is 3.18. The molecule has 0 saturated carbocycles. The van der Waals surface area contributed by atoms with Gasteiger partial charge in [0.15, 0.2) is 11.6 Å². The van der Waals surface area contributed by atoms with Crippen LogP contribution < -0.4 is 19.7 Å². The van der Waals surface area contributed by atoms with Crippen LogP contribution in [0.4, 0.5) is 11.4 Å². The van der Waals surface area contributed by atoms with Gasteiger partial charge in [-0.05, 0) is 54.1 Å². The minimum atomic E-state index is -1.33. The van der Waals surface area contributed by atoms with Crippen LogP contribution in [0.2, 0.25) is 0 Å². The van der Waals surface area contributed by atoms with Gasteiger partial charge >= 0.3 is 0 Å². The molecule has 4 unspecified atom stereocenters. The largest absolute Gasteiger partial charge is 0.497 e. The van der Waals surface area contributed by atoms with Crippen LogP contribution >= 0.6 is 0 Å². The molecule has 6 rings (SSSR count). The number of Topliss-reactive ketones (excluding diaryl/α,β-unsaturated/α-hetero) is 2. The Hall–Kier alpha value is -4.39. The van der Waals surface area contributed by atoms with Gasteiger partial charge in [-0.15, -0.1) is 0 Å². The third-order valence-corrected chi connectivity index (χ3v) is 8.50. The molecule has 7 nitrogen and oxygen atoms in total. The summed E-state index contributed by atoms with van der Waals surface area (Å²) in [5, 5.41) is 3.06. The summed E-state index contributed by atoms with van der Waals surface area (Å²) in [5.74, 6) is -0.317. The zero-order valence-corrected chi connectivity index (χ0v) is 23.2. The number of nitrogens with one attached hydrogen (secondary N) is 1.